The first-order chi connectivity index (χ1) is 7.79. The number of nitriles is 1. The molecule has 2 rings (SSSR count). The Labute approximate surface area is 92.6 Å². The number of aryl methyl sites for hydroxylation is 1. The van der Waals surface area contributed by atoms with Crippen LogP contribution in [0.1, 0.15) is 11.5 Å². The molecular weight excluding hydrogens is 204 g/mol. The fourth-order valence-corrected chi connectivity index (χ4v) is 1.23. The average Bonchev–Trinajstić information content (AvgIpc) is 2.72. The lowest BCUT2D eigenvalue weighted by Gasteiger charge is -2.04. The Kier molecular flexibility index (Phi) is 2.78. The first-order valence-electron chi connectivity index (χ1n) is 4.73. The van der Waals surface area contributed by atoms with Crippen LogP contribution in [0, 0.1) is 11.3 Å². The zero-order chi connectivity index (χ0) is 11.4. The van der Waals surface area contributed by atoms with E-state index in [4.69, 9.17) is 5.26 Å². The van der Waals surface area contributed by atoms with Crippen LogP contribution in [0.15, 0.2) is 24.7 Å². The summed E-state index contributed by atoms with van der Waals surface area (Å²) in [5.74, 6) is 1.31. The maximum atomic E-state index is 8.67. The Bertz CT molecular complexity index is 524. The first kappa shape index (κ1) is 10.1. The van der Waals surface area contributed by atoms with Crippen LogP contribution in [0.3, 0.4) is 0 Å². The van der Waals surface area contributed by atoms with Crippen LogP contribution in [0.4, 0.5) is 5.95 Å². The van der Waals surface area contributed by atoms with Crippen molar-refractivity contribution in [3.8, 4) is 6.07 Å². The van der Waals surface area contributed by atoms with Crippen molar-refractivity contribution < 1.29 is 0 Å². The molecule has 6 nitrogen and oxygen atoms in total. The molecule has 80 valence electrons. The highest BCUT2D eigenvalue weighted by atomic mass is 15.1. The van der Waals surface area contributed by atoms with Crippen LogP contribution in [0.25, 0.3) is 0 Å². The monoisotopic (exact) mass is 214 g/mol. The Hall–Kier alpha value is -2.42. The molecule has 0 spiro atoms. The summed E-state index contributed by atoms with van der Waals surface area (Å²) in [6.45, 7) is 0.526. The number of nitrogens with zero attached hydrogens (tertiary/aromatic N) is 5. The quantitative estimate of drug-likeness (QED) is 0.813. The van der Waals surface area contributed by atoms with Crippen LogP contribution >= 0.6 is 0 Å². The van der Waals surface area contributed by atoms with Gasteiger partial charge in [-0.25, -0.2) is 15.0 Å². The van der Waals surface area contributed by atoms with Crippen LogP contribution < -0.4 is 5.32 Å². The van der Waals surface area contributed by atoms with Gasteiger partial charge < -0.3 is 9.88 Å². The summed E-state index contributed by atoms with van der Waals surface area (Å²) < 4.78 is 1.90. The fourth-order valence-electron chi connectivity index (χ4n) is 1.23. The number of hydrogen-bond donors (Lipinski definition) is 1. The molecule has 16 heavy (non-hydrogen) atoms. The van der Waals surface area contributed by atoms with Crippen molar-refractivity contribution in [3.63, 3.8) is 0 Å². The highest BCUT2D eigenvalue weighted by Gasteiger charge is 2.01. The third-order valence-corrected chi connectivity index (χ3v) is 2.10. The smallest absolute Gasteiger partial charge is 0.224 e. The zero-order valence-electron chi connectivity index (χ0n) is 8.75. The van der Waals surface area contributed by atoms with Gasteiger partial charge in [-0.2, -0.15) is 5.26 Å². The van der Waals surface area contributed by atoms with Gasteiger partial charge in [-0.1, -0.05) is 0 Å². The molecule has 0 aromatic carbocycles. The molecule has 6 heteroatoms. The summed E-state index contributed by atoms with van der Waals surface area (Å²) in [5.41, 5.74) is 0.345. The maximum absolute atomic E-state index is 8.67. The van der Waals surface area contributed by atoms with Gasteiger partial charge in [0.05, 0.1) is 6.54 Å². The first-order valence-corrected chi connectivity index (χ1v) is 4.73. The molecule has 0 aliphatic heterocycles. The number of hydrogen-bond acceptors (Lipinski definition) is 5. The molecule has 2 aromatic rings. The lowest BCUT2D eigenvalue weighted by atomic mass is 10.4. The van der Waals surface area contributed by atoms with Gasteiger partial charge in [0.1, 0.15) is 17.6 Å². The predicted octanol–water partition coefficient (Wildman–Crippen LogP) is 0.694. The maximum Gasteiger partial charge on any atom is 0.224 e. The SMILES string of the molecule is Cn1ccnc1CNc1nccc(C#N)n1. The van der Waals surface area contributed by atoms with Crippen LogP contribution in [-0.4, -0.2) is 19.5 Å². The van der Waals surface area contributed by atoms with Gasteiger partial charge in [0.25, 0.3) is 0 Å². The van der Waals surface area contributed by atoms with E-state index < -0.39 is 0 Å². The number of rotatable bonds is 3. The lowest BCUT2D eigenvalue weighted by molar-refractivity contribution is 0.807. The molecule has 0 saturated heterocycles. The standard InChI is InChI=1S/C10H10N6/c1-16-5-4-12-9(16)7-14-10-13-3-2-8(6-11)15-10/h2-5H,7H2,1H3,(H,13,14,15). The van der Waals surface area contributed by atoms with Crippen molar-refractivity contribution in [2.24, 2.45) is 7.05 Å². The summed E-state index contributed by atoms with van der Waals surface area (Å²) in [7, 11) is 1.91. The lowest BCUT2D eigenvalue weighted by Crippen LogP contribution is -2.08. The number of aromatic nitrogens is 4. The fraction of sp³-hybridized carbons (Fsp3) is 0.200. The van der Waals surface area contributed by atoms with Crippen molar-refractivity contribution in [2.45, 2.75) is 6.54 Å². The van der Waals surface area contributed by atoms with Crippen molar-refractivity contribution in [1.29, 1.82) is 5.26 Å². The number of nitrogens with one attached hydrogen (secondary N) is 1. The third kappa shape index (κ3) is 2.15. The molecule has 2 aromatic heterocycles. The van der Waals surface area contributed by atoms with Crippen LogP contribution in [0.2, 0.25) is 0 Å². The summed E-state index contributed by atoms with van der Waals surface area (Å²) in [6, 6.07) is 3.52. The van der Waals surface area contributed by atoms with E-state index in [9.17, 15) is 0 Å². The van der Waals surface area contributed by atoms with Gasteiger partial charge in [0.2, 0.25) is 5.95 Å². The predicted molar refractivity (Wildman–Crippen MR) is 57.3 cm³/mol. The van der Waals surface area contributed by atoms with E-state index in [1.165, 1.54) is 0 Å². The molecule has 1 N–H and O–H groups in total. The van der Waals surface area contributed by atoms with Crippen LogP contribution in [-0.2, 0) is 13.6 Å². The van der Waals surface area contributed by atoms with Crippen LogP contribution in [0.5, 0.6) is 0 Å². The molecule has 0 aliphatic rings. The van der Waals surface area contributed by atoms with E-state index in [0.29, 0.717) is 18.2 Å². The second-order valence-corrected chi connectivity index (χ2v) is 3.19. The van der Waals surface area contributed by atoms with E-state index in [2.05, 4.69) is 20.3 Å². The van der Waals surface area contributed by atoms with E-state index in [1.807, 2.05) is 23.9 Å². The van der Waals surface area contributed by atoms with Gasteiger partial charge in [-0.15, -0.1) is 0 Å². The van der Waals surface area contributed by atoms with E-state index in [-0.39, 0.29) is 0 Å². The summed E-state index contributed by atoms with van der Waals surface area (Å²) in [5, 5.41) is 11.7. The highest BCUT2D eigenvalue weighted by molar-refractivity contribution is 5.30. The molecule has 0 atom stereocenters. The molecule has 0 aliphatic carbocycles. The Morgan fingerprint density at radius 1 is 1.44 bits per heavy atom. The van der Waals surface area contributed by atoms with E-state index in [1.54, 1.807) is 18.5 Å². The van der Waals surface area contributed by atoms with Gasteiger partial charge >= 0.3 is 0 Å². The van der Waals surface area contributed by atoms with Gasteiger partial charge in [0, 0.05) is 25.6 Å². The second-order valence-electron chi connectivity index (χ2n) is 3.19. The Balaban J connectivity index is 2.05. The number of imidazole rings is 1. The minimum absolute atomic E-state index is 0.345. The minimum atomic E-state index is 0.345. The normalized spacial score (nSPS) is 9.75. The largest absolute Gasteiger partial charge is 0.347 e. The zero-order valence-corrected chi connectivity index (χ0v) is 8.75. The second kappa shape index (κ2) is 4.40. The molecule has 0 amide bonds. The van der Waals surface area contributed by atoms with Gasteiger partial charge in [0.15, 0.2) is 0 Å². The molecule has 0 fully saturated rings. The molecule has 0 radical (unpaired) electrons. The minimum Gasteiger partial charge on any atom is -0.347 e. The molecule has 2 heterocycles. The molecule has 0 unspecified atom stereocenters. The molecule has 0 bridgehead atoms. The topological polar surface area (TPSA) is 79.4 Å². The summed E-state index contributed by atoms with van der Waals surface area (Å²) in [6.07, 6.45) is 5.14. The van der Waals surface area contributed by atoms with E-state index >= 15 is 0 Å². The van der Waals surface area contributed by atoms with Crippen molar-refractivity contribution in [2.75, 3.05) is 5.32 Å². The van der Waals surface area contributed by atoms with Crippen molar-refractivity contribution >= 4 is 5.95 Å². The van der Waals surface area contributed by atoms with Crippen molar-refractivity contribution in [1.82, 2.24) is 19.5 Å². The highest BCUT2D eigenvalue weighted by Crippen LogP contribution is 2.02. The van der Waals surface area contributed by atoms with Crippen molar-refractivity contribution in [3.05, 3.63) is 36.2 Å². The number of anilines is 1. The van der Waals surface area contributed by atoms with Gasteiger partial charge in [-0.05, 0) is 6.07 Å². The average molecular weight is 214 g/mol. The Morgan fingerprint density at radius 3 is 3.00 bits per heavy atom. The summed E-state index contributed by atoms with van der Waals surface area (Å²) in [4.78, 5) is 12.2. The Morgan fingerprint density at radius 2 is 2.31 bits per heavy atom. The third-order valence-electron chi connectivity index (χ3n) is 2.10. The molecule has 0 saturated carbocycles. The summed E-state index contributed by atoms with van der Waals surface area (Å²) >= 11 is 0. The van der Waals surface area contributed by atoms with E-state index in [0.717, 1.165) is 5.82 Å². The molecular formula is C10H10N6. The van der Waals surface area contributed by atoms with Gasteiger partial charge in [-0.3, -0.25) is 0 Å².